The van der Waals surface area contributed by atoms with E-state index in [-0.39, 0.29) is 34.2 Å². The zero-order valence-corrected chi connectivity index (χ0v) is 18.8. The Labute approximate surface area is 190 Å². The highest BCUT2D eigenvalue weighted by molar-refractivity contribution is 6.10. The Bertz CT molecular complexity index is 1500. The standard InChI is InChI=1S/C27H23NO5/c1-14-5-10-21-19(11-14)25(30)23-24(17-7-9-20(29)22(13-17)32-4)28(27(31)26(23)33-21)18-8-6-15(2)16(3)12-18/h5-13,24,29H,1-4H3. The number of phenolic OH excluding ortho intramolecular Hbond substituents is 1. The van der Waals surface area contributed by atoms with Crippen LogP contribution >= 0.6 is 0 Å². The number of phenols is 1. The number of fused-ring (bicyclic) bond motifs is 2. The van der Waals surface area contributed by atoms with E-state index < -0.39 is 6.04 Å². The van der Waals surface area contributed by atoms with Gasteiger partial charge in [0.1, 0.15) is 5.58 Å². The third-order valence-electron chi connectivity index (χ3n) is 6.31. The number of aryl methyl sites for hydroxylation is 3. The number of hydrogen-bond donors (Lipinski definition) is 1. The topological polar surface area (TPSA) is 80.0 Å². The van der Waals surface area contributed by atoms with Crippen molar-refractivity contribution < 1.29 is 19.1 Å². The highest BCUT2D eigenvalue weighted by atomic mass is 16.5. The van der Waals surface area contributed by atoms with Crippen molar-refractivity contribution in [1.29, 1.82) is 0 Å². The van der Waals surface area contributed by atoms with E-state index in [2.05, 4.69) is 0 Å². The molecule has 4 aromatic rings. The van der Waals surface area contributed by atoms with Crippen molar-refractivity contribution in [2.24, 2.45) is 0 Å². The second-order valence-electron chi connectivity index (χ2n) is 8.45. The summed E-state index contributed by atoms with van der Waals surface area (Å²) in [6.07, 6.45) is 0. The molecule has 1 aliphatic rings. The van der Waals surface area contributed by atoms with Crippen LogP contribution in [0, 0.1) is 20.8 Å². The molecular formula is C27H23NO5. The summed E-state index contributed by atoms with van der Waals surface area (Å²) < 4.78 is 11.3. The van der Waals surface area contributed by atoms with Crippen molar-refractivity contribution in [3.8, 4) is 11.5 Å². The number of carbonyl (C=O) groups excluding carboxylic acids is 1. The highest BCUT2D eigenvalue weighted by Gasteiger charge is 2.44. The number of rotatable bonds is 3. The smallest absolute Gasteiger partial charge is 0.295 e. The molecule has 1 N–H and O–H groups in total. The van der Waals surface area contributed by atoms with Crippen molar-refractivity contribution in [1.82, 2.24) is 0 Å². The van der Waals surface area contributed by atoms with E-state index in [0.717, 1.165) is 16.7 Å². The summed E-state index contributed by atoms with van der Waals surface area (Å²) in [6, 6.07) is 15.2. The van der Waals surface area contributed by atoms with E-state index in [1.807, 2.05) is 45.0 Å². The molecule has 0 saturated carbocycles. The van der Waals surface area contributed by atoms with Crippen molar-refractivity contribution >= 4 is 22.6 Å². The molecule has 0 spiro atoms. The molecule has 0 radical (unpaired) electrons. The summed E-state index contributed by atoms with van der Waals surface area (Å²) in [7, 11) is 1.46. The number of hydrogen-bond acceptors (Lipinski definition) is 5. The Morgan fingerprint density at radius 3 is 2.45 bits per heavy atom. The largest absolute Gasteiger partial charge is 0.504 e. The number of carbonyl (C=O) groups is 1. The monoisotopic (exact) mass is 441 g/mol. The summed E-state index contributed by atoms with van der Waals surface area (Å²) >= 11 is 0. The minimum atomic E-state index is -0.731. The second kappa shape index (κ2) is 7.52. The lowest BCUT2D eigenvalue weighted by Gasteiger charge is -2.26. The van der Waals surface area contributed by atoms with Crippen LogP contribution in [-0.2, 0) is 0 Å². The lowest BCUT2D eigenvalue weighted by Crippen LogP contribution is -2.29. The van der Waals surface area contributed by atoms with Crippen LogP contribution in [0.5, 0.6) is 11.5 Å². The van der Waals surface area contributed by atoms with Gasteiger partial charge in [-0.1, -0.05) is 23.8 Å². The quantitative estimate of drug-likeness (QED) is 0.474. The molecular weight excluding hydrogens is 418 g/mol. The third kappa shape index (κ3) is 3.18. The molecule has 0 fully saturated rings. The Balaban J connectivity index is 1.83. The van der Waals surface area contributed by atoms with E-state index in [0.29, 0.717) is 22.2 Å². The Hall–Kier alpha value is -4.06. The van der Waals surface area contributed by atoms with Gasteiger partial charge in [-0.25, -0.2) is 0 Å². The number of anilines is 1. The van der Waals surface area contributed by atoms with Gasteiger partial charge in [0.05, 0.1) is 24.1 Å². The van der Waals surface area contributed by atoms with E-state index in [1.54, 1.807) is 29.2 Å². The van der Waals surface area contributed by atoms with Gasteiger partial charge in [-0.05, 0) is 73.9 Å². The minimum Gasteiger partial charge on any atom is -0.504 e. The molecule has 0 aliphatic carbocycles. The van der Waals surface area contributed by atoms with Crippen LogP contribution in [0.3, 0.4) is 0 Å². The predicted octanol–water partition coefficient (Wildman–Crippen LogP) is 5.18. The fourth-order valence-corrected chi connectivity index (χ4v) is 4.41. The van der Waals surface area contributed by atoms with Crippen LogP contribution < -0.4 is 15.1 Å². The molecule has 3 aromatic carbocycles. The van der Waals surface area contributed by atoms with Crippen LogP contribution in [0.4, 0.5) is 5.69 Å². The molecule has 33 heavy (non-hydrogen) atoms. The van der Waals surface area contributed by atoms with E-state index in [4.69, 9.17) is 9.15 Å². The van der Waals surface area contributed by atoms with Gasteiger partial charge in [-0.15, -0.1) is 0 Å². The summed E-state index contributed by atoms with van der Waals surface area (Å²) in [5.74, 6) is -0.115. The number of benzene rings is 3. The zero-order chi connectivity index (χ0) is 23.4. The molecule has 6 nitrogen and oxygen atoms in total. The fraction of sp³-hybridized carbons (Fsp3) is 0.185. The average molecular weight is 441 g/mol. The first-order valence-electron chi connectivity index (χ1n) is 10.6. The maximum Gasteiger partial charge on any atom is 0.295 e. The van der Waals surface area contributed by atoms with E-state index in [9.17, 15) is 14.7 Å². The Kier molecular flexibility index (Phi) is 4.74. The summed E-state index contributed by atoms with van der Waals surface area (Å²) in [4.78, 5) is 29.0. The number of nitrogens with zero attached hydrogens (tertiary/aromatic N) is 1. The molecule has 6 heteroatoms. The van der Waals surface area contributed by atoms with Crippen LogP contribution in [0.25, 0.3) is 11.0 Å². The van der Waals surface area contributed by atoms with Crippen molar-refractivity contribution in [3.05, 3.63) is 98.4 Å². The third-order valence-corrected chi connectivity index (χ3v) is 6.31. The number of aromatic hydroxyl groups is 1. The molecule has 5 rings (SSSR count). The number of methoxy groups -OCH3 is 1. The van der Waals surface area contributed by atoms with Gasteiger partial charge < -0.3 is 14.3 Å². The lowest BCUT2D eigenvalue weighted by molar-refractivity contribution is 0.0971. The molecule has 1 aromatic heterocycles. The molecule has 2 heterocycles. The SMILES string of the molecule is COc1cc(C2c3c(oc4ccc(C)cc4c3=O)C(=O)N2c2ccc(C)c(C)c2)ccc1O. The molecule has 166 valence electrons. The van der Waals surface area contributed by atoms with Crippen molar-refractivity contribution in [2.75, 3.05) is 12.0 Å². The first-order chi connectivity index (χ1) is 15.8. The van der Waals surface area contributed by atoms with Gasteiger partial charge in [-0.2, -0.15) is 0 Å². The van der Waals surface area contributed by atoms with Gasteiger partial charge in [-0.3, -0.25) is 14.5 Å². The van der Waals surface area contributed by atoms with Crippen LogP contribution in [0.2, 0.25) is 0 Å². The zero-order valence-electron chi connectivity index (χ0n) is 18.8. The van der Waals surface area contributed by atoms with Crippen LogP contribution in [0.15, 0.2) is 63.8 Å². The van der Waals surface area contributed by atoms with Gasteiger partial charge in [0.15, 0.2) is 16.9 Å². The summed E-state index contributed by atoms with van der Waals surface area (Å²) in [5, 5.41) is 10.5. The average Bonchev–Trinajstić information content (AvgIpc) is 3.09. The lowest BCUT2D eigenvalue weighted by atomic mass is 9.97. The first-order valence-corrected chi connectivity index (χ1v) is 10.6. The Morgan fingerprint density at radius 2 is 1.73 bits per heavy atom. The predicted molar refractivity (Wildman–Crippen MR) is 126 cm³/mol. The summed E-state index contributed by atoms with van der Waals surface area (Å²) in [6.45, 7) is 5.88. The number of amides is 1. The molecule has 1 amide bonds. The fourth-order valence-electron chi connectivity index (χ4n) is 4.41. The van der Waals surface area contributed by atoms with Gasteiger partial charge >= 0.3 is 0 Å². The van der Waals surface area contributed by atoms with Gasteiger partial charge in [0.2, 0.25) is 5.76 Å². The normalized spacial score (nSPS) is 15.2. The number of ether oxygens (including phenoxy) is 1. The molecule has 1 unspecified atom stereocenters. The van der Waals surface area contributed by atoms with Crippen LogP contribution in [0.1, 0.15) is 44.4 Å². The van der Waals surface area contributed by atoms with Crippen molar-refractivity contribution in [3.63, 3.8) is 0 Å². The molecule has 1 aliphatic heterocycles. The van der Waals surface area contributed by atoms with E-state index in [1.165, 1.54) is 13.2 Å². The first kappa shape index (κ1) is 20.8. The maximum atomic E-state index is 13.7. The molecule has 1 atom stereocenters. The van der Waals surface area contributed by atoms with Gasteiger partial charge in [0.25, 0.3) is 5.91 Å². The van der Waals surface area contributed by atoms with E-state index >= 15 is 0 Å². The second-order valence-corrected chi connectivity index (χ2v) is 8.45. The maximum absolute atomic E-state index is 13.7. The van der Waals surface area contributed by atoms with Crippen molar-refractivity contribution in [2.45, 2.75) is 26.8 Å². The van der Waals surface area contributed by atoms with Crippen LogP contribution in [-0.4, -0.2) is 18.1 Å². The van der Waals surface area contributed by atoms with Gasteiger partial charge in [0, 0.05) is 5.69 Å². The summed E-state index contributed by atoms with van der Waals surface area (Å²) in [5.41, 5.74) is 4.75. The highest BCUT2D eigenvalue weighted by Crippen LogP contribution is 2.43. The molecule has 0 bridgehead atoms. The Morgan fingerprint density at radius 1 is 0.939 bits per heavy atom. The molecule has 0 saturated heterocycles. The minimum absolute atomic E-state index is 0.0234.